The molecule has 130 valence electrons. The van der Waals surface area contributed by atoms with Crippen molar-refractivity contribution < 1.29 is 18.4 Å². The van der Waals surface area contributed by atoms with Crippen molar-refractivity contribution in [2.24, 2.45) is 5.92 Å². The minimum absolute atomic E-state index is 0.0145. The highest BCUT2D eigenvalue weighted by Crippen LogP contribution is 2.32. The Hall–Kier alpha value is -0.890. The number of hydrogen-bond donors (Lipinski definition) is 0. The molecule has 2 saturated heterocycles. The fourth-order valence-corrected chi connectivity index (χ4v) is 4.47. The molecule has 1 unspecified atom stereocenters. The molecule has 5 nitrogen and oxygen atoms in total. The highest BCUT2D eigenvalue weighted by molar-refractivity contribution is 7.99. The van der Waals surface area contributed by atoms with Crippen molar-refractivity contribution in [2.75, 3.05) is 44.4 Å². The summed E-state index contributed by atoms with van der Waals surface area (Å²) in [6.07, 6.45) is 0.641. The van der Waals surface area contributed by atoms with Gasteiger partial charge in [-0.2, -0.15) is 0 Å². The maximum Gasteiger partial charge on any atom is 0.251 e. The van der Waals surface area contributed by atoms with E-state index in [0.29, 0.717) is 37.8 Å². The average Bonchev–Trinajstić information content (AvgIpc) is 2.94. The molecule has 2 amide bonds. The van der Waals surface area contributed by atoms with Gasteiger partial charge in [0, 0.05) is 37.8 Å². The topological polar surface area (TPSA) is 43.9 Å². The van der Waals surface area contributed by atoms with Gasteiger partial charge >= 0.3 is 0 Å². The van der Waals surface area contributed by atoms with Crippen LogP contribution in [0.4, 0.5) is 8.78 Å². The van der Waals surface area contributed by atoms with Gasteiger partial charge in [0.25, 0.3) is 6.43 Å². The summed E-state index contributed by atoms with van der Waals surface area (Å²) >= 11 is 1.62. The number of alkyl halides is 2. The van der Waals surface area contributed by atoms with Gasteiger partial charge in [-0.15, -0.1) is 11.8 Å². The monoisotopic (exact) mass is 347 g/mol. The summed E-state index contributed by atoms with van der Waals surface area (Å²) in [5.74, 6) is 1.45. The zero-order valence-corrected chi connectivity index (χ0v) is 13.9. The number of carbonyl (C=O) groups is 2. The molecule has 0 bridgehead atoms. The van der Waals surface area contributed by atoms with E-state index in [0.717, 1.165) is 19.3 Å². The normalized spacial score (nSPS) is 26.7. The number of thioether (sulfide) groups is 1. The number of hydrogen-bond acceptors (Lipinski definition) is 4. The number of nitrogens with zero attached hydrogens (tertiary/aromatic N) is 3. The van der Waals surface area contributed by atoms with Crippen LogP contribution in [0.25, 0.3) is 0 Å². The molecule has 3 rings (SSSR count). The number of amides is 2. The van der Waals surface area contributed by atoms with Crippen molar-refractivity contribution in [3.8, 4) is 0 Å². The van der Waals surface area contributed by atoms with E-state index < -0.39 is 6.43 Å². The lowest BCUT2D eigenvalue weighted by molar-refractivity contribution is -0.148. The number of piperazine rings is 1. The Bertz CT molecular complexity index is 454. The van der Waals surface area contributed by atoms with Crippen LogP contribution in [0.2, 0.25) is 0 Å². The smallest absolute Gasteiger partial charge is 0.251 e. The lowest BCUT2D eigenvalue weighted by Gasteiger charge is -2.38. The van der Waals surface area contributed by atoms with Crippen molar-refractivity contribution in [1.82, 2.24) is 14.7 Å². The Balaban J connectivity index is 1.54. The van der Waals surface area contributed by atoms with E-state index in [-0.39, 0.29) is 30.3 Å². The van der Waals surface area contributed by atoms with Crippen molar-refractivity contribution in [3.63, 3.8) is 0 Å². The Labute approximate surface area is 139 Å². The molecule has 23 heavy (non-hydrogen) atoms. The lowest BCUT2D eigenvalue weighted by Crippen LogP contribution is -2.56. The highest BCUT2D eigenvalue weighted by atomic mass is 32.2. The van der Waals surface area contributed by atoms with Gasteiger partial charge in [-0.1, -0.05) is 6.42 Å². The molecule has 3 fully saturated rings. The summed E-state index contributed by atoms with van der Waals surface area (Å²) in [4.78, 5) is 30.3. The van der Waals surface area contributed by atoms with Crippen LogP contribution >= 0.6 is 11.8 Å². The Kier molecular flexibility index (Phi) is 5.41. The quantitative estimate of drug-likeness (QED) is 0.764. The van der Waals surface area contributed by atoms with E-state index in [1.165, 1.54) is 0 Å². The molecule has 3 aliphatic rings. The molecule has 2 heterocycles. The van der Waals surface area contributed by atoms with Crippen LogP contribution in [0, 0.1) is 5.92 Å². The van der Waals surface area contributed by atoms with E-state index in [2.05, 4.69) is 0 Å². The predicted octanol–water partition coefficient (Wildman–Crippen LogP) is 1.10. The largest absolute Gasteiger partial charge is 0.338 e. The second-order valence-corrected chi connectivity index (χ2v) is 7.47. The van der Waals surface area contributed by atoms with Crippen molar-refractivity contribution >= 4 is 23.6 Å². The SMILES string of the molecule is O=C(C1CSCN1C(=O)C1CCC1)N1CCN(CC(F)F)CC1. The minimum atomic E-state index is -2.33. The fourth-order valence-electron chi connectivity index (χ4n) is 3.31. The first-order valence-corrected chi connectivity index (χ1v) is 9.39. The molecule has 0 aromatic carbocycles. The molecule has 0 radical (unpaired) electrons. The van der Waals surface area contributed by atoms with Gasteiger partial charge < -0.3 is 9.80 Å². The van der Waals surface area contributed by atoms with Crippen LogP contribution in [0.3, 0.4) is 0 Å². The van der Waals surface area contributed by atoms with Gasteiger partial charge in [-0.25, -0.2) is 8.78 Å². The zero-order valence-electron chi connectivity index (χ0n) is 13.1. The summed E-state index contributed by atoms with van der Waals surface area (Å²) in [7, 11) is 0. The predicted molar refractivity (Wildman–Crippen MR) is 84.3 cm³/mol. The molecule has 2 aliphatic heterocycles. The second kappa shape index (κ2) is 7.34. The van der Waals surface area contributed by atoms with Gasteiger partial charge in [0.15, 0.2) is 0 Å². The van der Waals surface area contributed by atoms with E-state index >= 15 is 0 Å². The highest BCUT2D eigenvalue weighted by Gasteiger charge is 2.41. The standard InChI is InChI=1S/C15H23F2N3O2S/c16-13(17)8-18-4-6-19(7-5-18)15(22)12-9-23-10-20(12)14(21)11-2-1-3-11/h11-13H,1-10H2. The molecule has 0 spiro atoms. The van der Waals surface area contributed by atoms with Crippen LogP contribution < -0.4 is 0 Å². The van der Waals surface area contributed by atoms with Gasteiger partial charge in [0.1, 0.15) is 6.04 Å². The third kappa shape index (κ3) is 3.79. The van der Waals surface area contributed by atoms with E-state index in [9.17, 15) is 18.4 Å². The fraction of sp³-hybridized carbons (Fsp3) is 0.867. The van der Waals surface area contributed by atoms with E-state index in [1.807, 2.05) is 0 Å². The maximum absolute atomic E-state index is 12.7. The van der Waals surface area contributed by atoms with Crippen LogP contribution in [0.5, 0.6) is 0 Å². The van der Waals surface area contributed by atoms with Crippen LogP contribution in [-0.2, 0) is 9.59 Å². The number of rotatable bonds is 4. The molecule has 1 atom stereocenters. The summed E-state index contributed by atoms with van der Waals surface area (Å²) in [6, 6.07) is -0.366. The molecule has 0 aromatic heterocycles. The first kappa shape index (κ1) is 17.0. The average molecular weight is 347 g/mol. The Morgan fingerprint density at radius 3 is 2.35 bits per heavy atom. The van der Waals surface area contributed by atoms with Crippen LogP contribution in [0.15, 0.2) is 0 Å². The first-order chi connectivity index (χ1) is 11.1. The molecule has 0 aromatic rings. The summed E-state index contributed by atoms with van der Waals surface area (Å²) in [5, 5.41) is 0. The summed E-state index contributed by atoms with van der Waals surface area (Å²) in [5.41, 5.74) is 0. The zero-order chi connectivity index (χ0) is 16.4. The molecule has 1 aliphatic carbocycles. The number of carbonyl (C=O) groups excluding carboxylic acids is 2. The third-order valence-electron chi connectivity index (χ3n) is 4.99. The van der Waals surface area contributed by atoms with E-state index in [4.69, 9.17) is 0 Å². The van der Waals surface area contributed by atoms with Crippen LogP contribution in [0.1, 0.15) is 19.3 Å². The third-order valence-corrected chi connectivity index (χ3v) is 6.00. The van der Waals surface area contributed by atoms with Gasteiger partial charge in [-0.3, -0.25) is 14.5 Å². The molecule has 8 heteroatoms. The Morgan fingerprint density at radius 1 is 1.09 bits per heavy atom. The minimum Gasteiger partial charge on any atom is -0.338 e. The maximum atomic E-state index is 12.7. The van der Waals surface area contributed by atoms with Crippen molar-refractivity contribution in [3.05, 3.63) is 0 Å². The summed E-state index contributed by atoms with van der Waals surface area (Å²) in [6.45, 7) is 1.67. The van der Waals surface area contributed by atoms with Crippen molar-refractivity contribution in [2.45, 2.75) is 31.7 Å². The lowest BCUT2D eigenvalue weighted by atomic mass is 9.84. The summed E-state index contributed by atoms with van der Waals surface area (Å²) < 4.78 is 24.8. The molecular weight excluding hydrogens is 324 g/mol. The molecular formula is C15H23F2N3O2S. The second-order valence-electron chi connectivity index (χ2n) is 6.47. The van der Waals surface area contributed by atoms with E-state index in [1.54, 1.807) is 26.5 Å². The molecule has 0 N–H and O–H groups in total. The van der Waals surface area contributed by atoms with Gasteiger partial charge in [0.2, 0.25) is 11.8 Å². The van der Waals surface area contributed by atoms with Crippen molar-refractivity contribution in [1.29, 1.82) is 0 Å². The Morgan fingerprint density at radius 2 is 1.78 bits per heavy atom. The van der Waals surface area contributed by atoms with Crippen LogP contribution in [-0.4, -0.2) is 83.3 Å². The van der Waals surface area contributed by atoms with Gasteiger partial charge in [0.05, 0.1) is 12.4 Å². The first-order valence-electron chi connectivity index (χ1n) is 8.24. The molecule has 1 saturated carbocycles. The van der Waals surface area contributed by atoms with Gasteiger partial charge in [-0.05, 0) is 12.8 Å². The number of halogens is 2.